The summed E-state index contributed by atoms with van der Waals surface area (Å²) in [5.41, 5.74) is 1.01. The molecule has 0 spiro atoms. The highest BCUT2D eigenvalue weighted by atomic mass is 35.5. The quantitative estimate of drug-likeness (QED) is 0.641. The standard InChI is InChI=1S/C23H27ClN4O3/c1-3-13-31-21-19(24)14-18(15-20(21)30-4-2)23(29)28-10-6-9-27(11-12-28)22-17(16-25)7-5-8-26-22/h5,7-8,14-15H,3-4,6,9-13H2,1-2H3. The van der Waals surface area contributed by atoms with E-state index < -0.39 is 0 Å². The fraction of sp³-hybridized carbons (Fsp3) is 0.435. The second kappa shape index (κ2) is 10.9. The molecule has 1 amide bonds. The lowest BCUT2D eigenvalue weighted by Gasteiger charge is -2.24. The number of carbonyl (C=O) groups excluding carboxylic acids is 1. The van der Waals surface area contributed by atoms with Crippen molar-refractivity contribution in [3.8, 4) is 17.6 Å². The largest absolute Gasteiger partial charge is 0.490 e. The summed E-state index contributed by atoms with van der Waals surface area (Å²) in [5, 5.41) is 9.73. The molecular weight excluding hydrogens is 416 g/mol. The summed E-state index contributed by atoms with van der Waals surface area (Å²) in [6, 6.07) is 9.06. The molecule has 1 aromatic heterocycles. The zero-order chi connectivity index (χ0) is 22.2. The zero-order valence-corrected chi connectivity index (χ0v) is 18.7. The molecule has 1 aromatic carbocycles. The number of aromatic nitrogens is 1. The number of carbonyl (C=O) groups is 1. The predicted octanol–water partition coefficient (Wildman–Crippen LogP) is 4.15. The first-order valence-corrected chi connectivity index (χ1v) is 10.9. The maximum atomic E-state index is 13.2. The summed E-state index contributed by atoms with van der Waals surface area (Å²) in [5.74, 6) is 1.52. The Morgan fingerprint density at radius 1 is 1.23 bits per heavy atom. The van der Waals surface area contributed by atoms with Gasteiger partial charge in [0.2, 0.25) is 0 Å². The van der Waals surface area contributed by atoms with Crippen LogP contribution in [0, 0.1) is 11.3 Å². The van der Waals surface area contributed by atoms with Crippen LogP contribution in [-0.2, 0) is 0 Å². The topological polar surface area (TPSA) is 78.7 Å². The Hall–Kier alpha value is -2.98. The molecule has 7 nitrogen and oxygen atoms in total. The van der Waals surface area contributed by atoms with Gasteiger partial charge in [-0.3, -0.25) is 4.79 Å². The van der Waals surface area contributed by atoms with E-state index in [4.69, 9.17) is 21.1 Å². The van der Waals surface area contributed by atoms with Gasteiger partial charge in [-0.05, 0) is 44.0 Å². The van der Waals surface area contributed by atoms with E-state index >= 15 is 0 Å². The van der Waals surface area contributed by atoms with E-state index in [0.717, 1.165) is 19.4 Å². The van der Waals surface area contributed by atoms with Crippen LogP contribution in [0.25, 0.3) is 0 Å². The van der Waals surface area contributed by atoms with Gasteiger partial charge in [-0.15, -0.1) is 0 Å². The van der Waals surface area contributed by atoms with E-state index in [1.165, 1.54) is 0 Å². The van der Waals surface area contributed by atoms with Crippen LogP contribution in [0.15, 0.2) is 30.5 Å². The molecule has 0 unspecified atom stereocenters. The number of ether oxygens (including phenoxy) is 2. The first kappa shape index (κ1) is 22.7. The predicted molar refractivity (Wildman–Crippen MR) is 120 cm³/mol. The summed E-state index contributed by atoms with van der Waals surface area (Å²) in [6.45, 7) is 7.32. The van der Waals surface area contributed by atoms with Crippen molar-refractivity contribution in [1.29, 1.82) is 5.26 Å². The molecular formula is C23H27ClN4O3. The Bertz CT molecular complexity index is 960. The number of amides is 1. The van der Waals surface area contributed by atoms with Crippen LogP contribution in [0.1, 0.15) is 42.6 Å². The van der Waals surface area contributed by atoms with E-state index in [1.807, 2.05) is 18.7 Å². The molecule has 2 heterocycles. The van der Waals surface area contributed by atoms with Crippen LogP contribution >= 0.6 is 11.6 Å². The number of pyridine rings is 1. The van der Waals surface area contributed by atoms with Gasteiger partial charge in [0.05, 0.1) is 23.8 Å². The molecule has 3 rings (SSSR count). The van der Waals surface area contributed by atoms with Gasteiger partial charge in [-0.2, -0.15) is 5.26 Å². The highest BCUT2D eigenvalue weighted by Crippen LogP contribution is 2.37. The van der Waals surface area contributed by atoms with E-state index in [2.05, 4.69) is 16.0 Å². The Morgan fingerprint density at radius 3 is 2.81 bits per heavy atom. The molecule has 1 saturated heterocycles. The molecule has 0 radical (unpaired) electrons. The molecule has 8 heteroatoms. The highest BCUT2D eigenvalue weighted by Gasteiger charge is 2.24. The first-order chi connectivity index (χ1) is 15.1. The first-order valence-electron chi connectivity index (χ1n) is 10.6. The van der Waals surface area contributed by atoms with Gasteiger partial charge in [0.25, 0.3) is 5.91 Å². The van der Waals surface area contributed by atoms with Gasteiger partial charge in [0.1, 0.15) is 11.9 Å². The molecule has 31 heavy (non-hydrogen) atoms. The number of rotatable bonds is 7. The van der Waals surface area contributed by atoms with Crippen molar-refractivity contribution < 1.29 is 14.3 Å². The second-order valence-corrected chi connectivity index (χ2v) is 7.59. The lowest BCUT2D eigenvalue weighted by molar-refractivity contribution is 0.0766. The van der Waals surface area contributed by atoms with Crippen molar-refractivity contribution in [2.75, 3.05) is 44.3 Å². The van der Waals surface area contributed by atoms with Crippen molar-refractivity contribution >= 4 is 23.3 Å². The molecule has 0 saturated carbocycles. The minimum Gasteiger partial charge on any atom is -0.490 e. The number of anilines is 1. The number of hydrogen-bond acceptors (Lipinski definition) is 6. The van der Waals surface area contributed by atoms with Gasteiger partial charge in [-0.25, -0.2) is 4.98 Å². The van der Waals surface area contributed by atoms with Crippen LogP contribution in [0.5, 0.6) is 11.5 Å². The summed E-state index contributed by atoms with van der Waals surface area (Å²) >= 11 is 6.44. The van der Waals surface area contributed by atoms with E-state index in [0.29, 0.717) is 66.3 Å². The van der Waals surface area contributed by atoms with E-state index in [9.17, 15) is 10.1 Å². The van der Waals surface area contributed by atoms with Gasteiger partial charge in [0, 0.05) is 37.9 Å². The molecule has 0 atom stereocenters. The molecule has 0 bridgehead atoms. The fourth-order valence-corrected chi connectivity index (χ4v) is 3.81. The monoisotopic (exact) mass is 442 g/mol. The van der Waals surface area contributed by atoms with Crippen molar-refractivity contribution in [2.45, 2.75) is 26.7 Å². The van der Waals surface area contributed by atoms with Gasteiger partial charge >= 0.3 is 0 Å². The van der Waals surface area contributed by atoms with Crippen LogP contribution in [0.4, 0.5) is 5.82 Å². The Balaban J connectivity index is 1.78. The van der Waals surface area contributed by atoms with Gasteiger partial charge < -0.3 is 19.3 Å². The minimum atomic E-state index is -0.103. The van der Waals surface area contributed by atoms with Crippen LogP contribution in [0.3, 0.4) is 0 Å². The maximum absolute atomic E-state index is 13.2. The molecule has 1 aliphatic heterocycles. The SMILES string of the molecule is CCCOc1c(Cl)cc(C(=O)N2CCCN(c3ncccc3C#N)CC2)cc1OCC. The average molecular weight is 443 g/mol. The van der Waals surface area contributed by atoms with Gasteiger partial charge in [-0.1, -0.05) is 18.5 Å². The summed E-state index contributed by atoms with van der Waals surface area (Å²) in [7, 11) is 0. The van der Waals surface area contributed by atoms with Crippen LogP contribution in [0.2, 0.25) is 5.02 Å². The molecule has 1 aliphatic rings. The Kier molecular flexibility index (Phi) is 7.96. The normalized spacial score (nSPS) is 14.0. The molecule has 2 aromatic rings. The van der Waals surface area contributed by atoms with Gasteiger partial charge in [0.15, 0.2) is 11.5 Å². The van der Waals surface area contributed by atoms with Crippen LogP contribution in [-0.4, -0.2) is 55.2 Å². The number of nitriles is 1. The van der Waals surface area contributed by atoms with Crippen molar-refractivity contribution in [3.63, 3.8) is 0 Å². The van der Waals surface area contributed by atoms with Crippen LogP contribution < -0.4 is 14.4 Å². The van der Waals surface area contributed by atoms with E-state index in [1.54, 1.807) is 30.5 Å². The van der Waals surface area contributed by atoms with Crippen molar-refractivity contribution in [3.05, 3.63) is 46.6 Å². The van der Waals surface area contributed by atoms with Crippen molar-refractivity contribution in [2.24, 2.45) is 0 Å². The minimum absolute atomic E-state index is 0.103. The summed E-state index contributed by atoms with van der Waals surface area (Å²) < 4.78 is 11.4. The number of nitrogens with zero attached hydrogens (tertiary/aromatic N) is 4. The molecule has 0 aliphatic carbocycles. The summed E-state index contributed by atoms with van der Waals surface area (Å²) in [6.07, 6.45) is 3.30. The van der Waals surface area contributed by atoms with E-state index in [-0.39, 0.29) is 5.91 Å². The molecule has 1 fully saturated rings. The fourth-order valence-electron chi connectivity index (χ4n) is 3.55. The number of halogens is 1. The third kappa shape index (κ3) is 5.39. The second-order valence-electron chi connectivity index (χ2n) is 7.19. The third-order valence-electron chi connectivity index (χ3n) is 5.00. The lowest BCUT2D eigenvalue weighted by atomic mass is 10.1. The molecule has 164 valence electrons. The number of benzene rings is 1. The number of hydrogen-bond donors (Lipinski definition) is 0. The smallest absolute Gasteiger partial charge is 0.254 e. The zero-order valence-electron chi connectivity index (χ0n) is 17.9. The summed E-state index contributed by atoms with van der Waals surface area (Å²) in [4.78, 5) is 21.5. The maximum Gasteiger partial charge on any atom is 0.254 e. The average Bonchev–Trinajstić information content (AvgIpc) is 3.04. The Morgan fingerprint density at radius 2 is 2.06 bits per heavy atom. The molecule has 0 N–H and O–H groups in total. The third-order valence-corrected chi connectivity index (χ3v) is 5.28. The van der Waals surface area contributed by atoms with Crippen molar-refractivity contribution in [1.82, 2.24) is 9.88 Å². The Labute approximate surface area is 188 Å². The lowest BCUT2D eigenvalue weighted by Crippen LogP contribution is -2.35. The highest BCUT2D eigenvalue weighted by molar-refractivity contribution is 6.32.